The first-order valence-electron chi connectivity index (χ1n) is 5.61. The van der Waals surface area contributed by atoms with Crippen molar-refractivity contribution in [2.24, 2.45) is 0 Å². The molecule has 1 aliphatic rings. The van der Waals surface area contributed by atoms with E-state index in [1.807, 2.05) is 6.92 Å². The van der Waals surface area contributed by atoms with Crippen LogP contribution in [0.5, 0.6) is 0 Å². The van der Waals surface area contributed by atoms with Crippen LogP contribution in [0.3, 0.4) is 0 Å². The SMILES string of the molecule is CC(Br)CCCNC(=O)C1(C)CCCO1. The van der Waals surface area contributed by atoms with Gasteiger partial charge in [0.15, 0.2) is 0 Å². The van der Waals surface area contributed by atoms with Crippen molar-refractivity contribution in [1.82, 2.24) is 5.32 Å². The number of hydrogen-bond acceptors (Lipinski definition) is 2. The highest BCUT2D eigenvalue weighted by Crippen LogP contribution is 2.24. The van der Waals surface area contributed by atoms with Crippen LogP contribution < -0.4 is 5.32 Å². The van der Waals surface area contributed by atoms with Crippen molar-refractivity contribution in [2.75, 3.05) is 13.2 Å². The van der Waals surface area contributed by atoms with Crippen molar-refractivity contribution in [3.8, 4) is 0 Å². The Balaban J connectivity index is 2.18. The third kappa shape index (κ3) is 4.11. The quantitative estimate of drug-likeness (QED) is 0.618. The average Bonchev–Trinajstić information content (AvgIpc) is 2.60. The summed E-state index contributed by atoms with van der Waals surface area (Å²) in [5.41, 5.74) is -0.569. The third-order valence-corrected chi connectivity index (χ3v) is 3.22. The number of alkyl halides is 1. The zero-order chi connectivity index (χ0) is 11.3. The number of carbonyl (C=O) groups excluding carboxylic acids is 1. The highest BCUT2D eigenvalue weighted by molar-refractivity contribution is 9.09. The standard InChI is InChI=1S/C11H20BrNO2/c1-9(12)5-3-7-13-10(14)11(2)6-4-8-15-11/h9H,3-8H2,1-2H3,(H,13,14). The molecule has 2 atom stereocenters. The van der Waals surface area contributed by atoms with Gasteiger partial charge in [-0.15, -0.1) is 0 Å². The van der Waals surface area contributed by atoms with Crippen LogP contribution in [0, 0.1) is 0 Å². The zero-order valence-electron chi connectivity index (χ0n) is 9.51. The summed E-state index contributed by atoms with van der Waals surface area (Å²) in [6.45, 7) is 5.45. The molecular weight excluding hydrogens is 258 g/mol. The van der Waals surface area contributed by atoms with Crippen LogP contribution in [0.15, 0.2) is 0 Å². The lowest BCUT2D eigenvalue weighted by Crippen LogP contribution is -2.44. The van der Waals surface area contributed by atoms with Crippen LogP contribution in [0.2, 0.25) is 0 Å². The van der Waals surface area contributed by atoms with Gasteiger partial charge in [0, 0.05) is 18.0 Å². The summed E-state index contributed by atoms with van der Waals surface area (Å²) in [6.07, 6.45) is 3.92. The second kappa shape index (κ2) is 5.85. The molecule has 1 saturated heterocycles. The van der Waals surface area contributed by atoms with Crippen LogP contribution in [-0.4, -0.2) is 29.5 Å². The number of nitrogens with one attached hydrogen (secondary N) is 1. The van der Waals surface area contributed by atoms with Crippen LogP contribution >= 0.6 is 15.9 Å². The van der Waals surface area contributed by atoms with Gasteiger partial charge in [0.1, 0.15) is 5.60 Å². The number of ether oxygens (including phenoxy) is 1. The molecular formula is C11H20BrNO2. The Morgan fingerprint density at radius 3 is 2.93 bits per heavy atom. The van der Waals surface area contributed by atoms with Crippen molar-refractivity contribution in [3.05, 3.63) is 0 Å². The lowest BCUT2D eigenvalue weighted by molar-refractivity contribution is -0.139. The first-order chi connectivity index (χ1) is 7.04. The van der Waals surface area contributed by atoms with E-state index in [9.17, 15) is 4.79 Å². The molecule has 0 aromatic heterocycles. The fourth-order valence-electron chi connectivity index (χ4n) is 1.73. The molecule has 0 aromatic rings. The maximum Gasteiger partial charge on any atom is 0.251 e. The molecule has 1 fully saturated rings. The molecule has 0 saturated carbocycles. The Hall–Kier alpha value is -0.0900. The zero-order valence-corrected chi connectivity index (χ0v) is 11.1. The summed E-state index contributed by atoms with van der Waals surface area (Å²) in [7, 11) is 0. The second-order valence-corrected chi connectivity index (χ2v) is 5.92. The van der Waals surface area contributed by atoms with Crippen LogP contribution in [0.1, 0.15) is 39.5 Å². The maximum absolute atomic E-state index is 11.8. The van der Waals surface area contributed by atoms with E-state index >= 15 is 0 Å². The van der Waals surface area contributed by atoms with Crippen molar-refractivity contribution < 1.29 is 9.53 Å². The molecule has 3 nitrogen and oxygen atoms in total. The fourth-order valence-corrected chi connectivity index (χ4v) is 2.05. The van der Waals surface area contributed by atoms with Crippen molar-refractivity contribution in [1.29, 1.82) is 0 Å². The smallest absolute Gasteiger partial charge is 0.251 e. The van der Waals surface area contributed by atoms with E-state index in [4.69, 9.17) is 4.74 Å². The number of carbonyl (C=O) groups is 1. The topological polar surface area (TPSA) is 38.3 Å². The van der Waals surface area contributed by atoms with Gasteiger partial charge in [-0.3, -0.25) is 4.79 Å². The van der Waals surface area contributed by atoms with Crippen molar-refractivity contribution in [2.45, 2.75) is 50.0 Å². The summed E-state index contributed by atoms with van der Waals surface area (Å²) in [5.74, 6) is 0.0437. The summed E-state index contributed by atoms with van der Waals surface area (Å²) in [5, 5.41) is 2.94. The normalized spacial score (nSPS) is 27.7. The van der Waals surface area contributed by atoms with E-state index in [0.29, 0.717) is 11.4 Å². The molecule has 4 heteroatoms. The Morgan fingerprint density at radius 1 is 1.67 bits per heavy atom. The average molecular weight is 278 g/mol. The van der Waals surface area contributed by atoms with Gasteiger partial charge in [0.05, 0.1) is 0 Å². The number of amides is 1. The maximum atomic E-state index is 11.8. The number of hydrogen-bond donors (Lipinski definition) is 1. The summed E-state index contributed by atoms with van der Waals surface area (Å²) >= 11 is 3.48. The van der Waals surface area contributed by atoms with E-state index in [1.54, 1.807) is 0 Å². The predicted molar refractivity (Wildman–Crippen MR) is 64.2 cm³/mol. The van der Waals surface area contributed by atoms with Gasteiger partial charge >= 0.3 is 0 Å². The van der Waals surface area contributed by atoms with Crippen LogP contribution in [-0.2, 0) is 9.53 Å². The van der Waals surface area contributed by atoms with E-state index < -0.39 is 5.60 Å². The van der Waals surface area contributed by atoms with E-state index in [0.717, 1.165) is 32.2 Å². The minimum absolute atomic E-state index is 0.0437. The Bertz CT molecular complexity index is 213. The molecule has 15 heavy (non-hydrogen) atoms. The Morgan fingerprint density at radius 2 is 2.40 bits per heavy atom. The fraction of sp³-hybridized carbons (Fsp3) is 0.909. The van der Waals surface area contributed by atoms with E-state index in [-0.39, 0.29) is 5.91 Å². The first kappa shape index (κ1) is 13.0. The van der Waals surface area contributed by atoms with Crippen molar-refractivity contribution in [3.63, 3.8) is 0 Å². The van der Waals surface area contributed by atoms with Gasteiger partial charge in [-0.25, -0.2) is 0 Å². The number of halogens is 1. The van der Waals surface area contributed by atoms with Crippen LogP contribution in [0.25, 0.3) is 0 Å². The highest BCUT2D eigenvalue weighted by Gasteiger charge is 2.37. The molecule has 1 heterocycles. The number of rotatable bonds is 5. The minimum Gasteiger partial charge on any atom is -0.365 e. The summed E-state index contributed by atoms with van der Waals surface area (Å²) in [4.78, 5) is 12.3. The lowest BCUT2D eigenvalue weighted by Gasteiger charge is -2.21. The van der Waals surface area contributed by atoms with Gasteiger partial charge in [-0.05, 0) is 32.6 Å². The van der Waals surface area contributed by atoms with Gasteiger partial charge < -0.3 is 10.1 Å². The molecule has 88 valence electrons. The van der Waals surface area contributed by atoms with Crippen LogP contribution in [0.4, 0.5) is 0 Å². The van der Waals surface area contributed by atoms with E-state index in [1.165, 1.54) is 0 Å². The monoisotopic (exact) mass is 277 g/mol. The molecule has 1 rings (SSSR count). The summed E-state index contributed by atoms with van der Waals surface area (Å²) in [6, 6.07) is 0. The van der Waals surface area contributed by atoms with Gasteiger partial charge in [-0.2, -0.15) is 0 Å². The molecule has 1 aliphatic heterocycles. The first-order valence-corrected chi connectivity index (χ1v) is 6.52. The third-order valence-electron chi connectivity index (χ3n) is 2.76. The lowest BCUT2D eigenvalue weighted by atomic mass is 10.0. The molecule has 2 unspecified atom stereocenters. The molecule has 0 spiro atoms. The molecule has 0 aliphatic carbocycles. The van der Waals surface area contributed by atoms with Crippen molar-refractivity contribution >= 4 is 21.8 Å². The van der Waals surface area contributed by atoms with E-state index in [2.05, 4.69) is 28.2 Å². The minimum atomic E-state index is -0.569. The van der Waals surface area contributed by atoms with Gasteiger partial charge in [0.25, 0.3) is 5.91 Å². The molecule has 1 amide bonds. The highest BCUT2D eigenvalue weighted by atomic mass is 79.9. The summed E-state index contributed by atoms with van der Waals surface area (Å²) < 4.78 is 5.46. The second-order valence-electron chi connectivity index (χ2n) is 4.36. The molecule has 0 aromatic carbocycles. The Labute approximate surface area is 100 Å². The molecule has 1 N–H and O–H groups in total. The Kier molecular flexibility index (Phi) is 5.06. The predicted octanol–water partition coefficient (Wildman–Crippen LogP) is 2.24. The van der Waals surface area contributed by atoms with Gasteiger partial charge in [0.2, 0.25) is 0 Å². The van der Waals surface area contributed by atoms with Gasteiger partial charge in [-0.1, -0.05) is 22.9 Å². The molecule has 0 radical (unpaired) electrons. The molecule has 0 bridgehead atoms. The largest absolute Gasteiger partial charge is 0.365 e.